The fraction of sp³-hybridized carbons (Fsp3) is 0.536. The first-order valence-corrected chi connectivity index (χ1v) is 13.7. The van der Waals surface area contributed by atoms with E-state index >= 15 is 0 Å². The lowest BCUT2D eigenvalue weighted by atomic mass is 9.70. The van der Waals surface area contributed by atoms with E-state index in [2.05, 4.69) is 25.9 Å². The number of amides is 3. The zero-order valence-corrected chi connectivity index (χ0v) is 22.8. The number of nitrogens with two attached hydrogens (primary N) is 1. The van der Waals surface area contributed by atoms with Crippen LogP contribution in [0, 0.1) is 0 Å². The number of piperidine rings is 1. The molecule has 2 fully saturated rings. The van der Waals surface area contributed by atoms with Gasteiger partial charge in [0.2, 0.25) is 11.9 Å². The molecule has 5 N–H and O–H groups in total. The van der Waals surface area contributed by atoms with Crippen molar-refractivity contribution in [1.29, 1.82) is 0 Å². The highest BCUT2D eigenvalue weighted by Gasteiger charge is 2.47. The molecule has 3 aliphatic rings. The van der Waals surface area contributed by atoms with Gasteiger partial charge >= 0.3 is 6.09 Å². The van der Waals surface area contributed by atoms with Crippen molar-refractivity contribution in [3.63, 3.8) is 0 Å². The zero-order chi connectivity index (χ0) is 27.8. The third-order valence-electron chi connectivity index (χ3n) is 7.65. The first-order chi connectivity index (χ1) is 18.5. The molecule has 1 aliphatic carbocycles. The number of carbonyl (C=O) groups excluding carboxylic acids is 3. The van der Waals surface area contributed by atoms with Crippen molar-refractivity contribution in [2.45, 2.75) is 82.8 Å². The number of fused-ring (bicyclic) bond motifs is 2. The molecular formula is C28H37N7O4. The van der Waals surface area contributed by atoms with Crippen molar-refractivity contribution in [2.24, 2.45) is 5.73 Å². The van der Waals surface area contributed by atoms with Crippen LogP contribution in [0.25, 0.3) is 0 Å². The van der Waals surface area contributed by atoms with Crippen molar-refractivity contribution in [3.05, 3.63) is 35.5 Å². The maximum atomic E-state index is 12.9. The predicted octanol–water partition coefficient (Wildman–Crippen LogP) is 3.97. The Morgan fingerprint density at radius 3 is 2.67 bits per heavy atom. The van der Waals surface area contributed by atoms with E-state index in [-0.39, 0.29) is 17.5 Å². The second kappa shape index (κ2) is 10.3. The van der Waals surface area contributed by atoms with Crippen LogP contribution in [0.3, 0.4) is 0 Å². The molecule has 2 aromatic rings. The molecule has 0 bridgehead atoms. The topological polar surface area (TPSA) is 152 Å². The number of hydrogen-bond acceptors (Lipinski definition) is 8. The van der Waals surface area contributed by atoms with Crippen LogP contribution in [0.5, 0.6) is 0 Å². The fourth-order valence-electron chi connectivity index (χ4n) is 5.83. The second-order valence-corrected chi connectivity index (χ2v) is 11.7. The quantitative estimate of drug-likeness (QED) is 0.449. The maximum absolute atomic E-state index is 12.9. The molecule has 1 saturated heterocycles. The van der Waals surface area contributed by atoms with Gasteiger partial charge in [-0.2, -0.15) is 4.98 Å². The summed E-state index contributed by atoms with van der Waals surface area (Å²) in [6, 6.07) is 5.60. The second-order valence-electron chi connectivity index (χ2n) is 11.7. The molecule has 1 aromatic carbocycles. The van der Waals surface area contributed by atoms with Crippen LogP contribution in [-0.2, 0) is 14.9 Å². The van der Waals surface area contributed by atoms with E-state index < -0.39 is 23.0 Å². The number of hydrogen-bond donors (Lipinski definition) is 4. The SMILES string of the molecule is CC(C)(C)OC(=O)N[C@H]1CCCN(c2ncc(C(N)=O)c(Nc3ccc4c(c3)C3(CCCCC3)C(=O)N4)n2)C1. The lowest BCUT2D eigenvalue weighted by molar-refractivity contribution is -0.121. The summed E-state index contributed by atoms with van der Waals surface area (Å²) in [7, 11) is 0. The summed E-state index contributed by atoms with van der Waals surface area (Å²) < 4.78 is 5.40. The predicted molar refractivity (Wildman–Crippen MR) is 148 cm³/mol. The van der Waals surface area contributed by atoms with Gasteiger partial charge in [-0.15, -0.1) is 0 Å². The minimum atomic E-state index is -0.645. The van der Waals surface area contributed by atoms with Gasteiger partial charge in [0.05, 0.1) is 5.41 Å². The Labute approximate surface area is 228 Å². The molecule has 2 aliphatic heterocycles. The van der Waals surface area contributed by atoms with E-state index in [1.807, 2.05) is 43.9 Å². The molecule has 3 heterocycles. The monoisotopic (exact) mass is 535 g/mol. The number of rotatable bonds is 5. The van der Waals surface area contributed by atoms with Gasteiger partial charge in [0.25, 0.3) is 5.91 Å². The van der Waals surface area contributed by atoms with Gasteiger partial charge in [0.1, 0.15) is 17.0 Å². The molecule has 1 saturated carbocycles. The fourth-order valence-corrected chi connectivity index (χ4v) is 5.83. The van der Waals surface area contributed by atoms with Crippen molar-refractivity contribution >= 4 is 41.0 Å². The highest BCUT2D eigenvalue weighted by atomic mass is 16.6. The summed E-state index contributed by atoms with van der Waals surface area (Å²) in [5.74, 6) is 0.148. The zero-order valence-electron chi connectivity index (χ0n) is 22.8. The number of carbonyl (C=O) groups is 3. The number of primary amides is 1. The standard InChI is InChI=1S/C28H37N7O4/c1-27(2,3)39-26(38)32-18-8-7-13-35(16-18)25-30-15-19(22(29)36)23(34-25)31-17-9-10-21-20(14-17)28(24(37)33-21)11-5-4-6-12-28/h9-10,14-15,18H,4-8,11-13,16H2,1-3H3,(H2,29,36)(H,32,38)(H,33,37)(H,30,31,34)/t18-/m0/s1. The van der Waals surface area contributed by atoms with Gasteiger partial charge in [-0.05, 0) is 70.2 Å². The highest BCUT2D eigenvalue weighted by molar-refractivity contribution is 6.07. The van der Waals surface area contributed by atoms with Crippen LogP contribution in [0.2, 0.25) is 0 Å². The molecule has 1 atom stereocenters. The first-order valence-electron chi connectivity index (χ1n) is 13.7. The van der Waals surface area contributed by atoms with E-state index in [4.69, 9.17) is 10.5 Å². The Morgan fingerprint density at radius 1 is 1.18 bits per heavy atom. The number of benzene rings is 1. The maximum Gasteiger partial charge on any atom is 0.407 e. The Kier molecular flexibility index (Phi) is 7.09. The van der Waals surface area contributed by atoms with Gasteiger partial charge in [-0.25, -0.2) is 9.78 Å². The van der Waals surface area contributed by atoms with Gasteiger partial charge in [0.15, 0.2) is 0 Å². The van der Waals surface area contributed by atoms with Gasteiger partial charge in [0, 0.05) is 36.7 Å². The smallest absolute Gasteiger partial charge is 0.407 e. The Bertz CT molecular complexity index is 1280. The Balaban J connectivity index is 1.37. The molecule has 3 amide bonds. The van der Waals surface area contributed by atoms with Crippen LogP contribution in [0.4, 0.5) is 27.9 Å². The lowest BCUT2D eigenvalue weighted by Crippen LogP contribution is -2.49. The normalized spacial score (nSPS) is 20.2. The van der Waals surface area contributed by atoms with Crippen LogP contribution in [-0.4, -0.2) is 52.6 Å². The summed E-state index contributed by atoms with van der Waals surface area (Å²) in [6.07, 6.45) is 7.44. The van der Waals surface area contributed by atoms with Crippen molar-refractivity contribution in [3.8, 4) is 0 Å². The van der Waals surface area contributed by atoms with E-state index in [9.17, 15) is 14.4 Å². The Morgan fingerprint density at radius 2 is 1.95 bits per heavy atom. The van der Waals surface area contributed by atoms with E-state index in [1.54, 1.807) is 0 Å². The molecule has 39 heavy (non-hydrogen) atoms. The lowest BCUT2D eigenvalue weighted by Gasteiger charge is -2.33. The number of aromatic nitrogens is 2. The summed E-state index contributed by atoms with van der Waals surface area (Å²) in [5, 5.41) is 9.24. The first kappa shape index (κ1) is 26.7. The molecule has 1 spiro atoms. The molecule has 1 aromatic heterocycles. The van der Waals surface area contributed by atoms with E-state index in [1.165, 1.54) is 6.20 Å². The van der Waals surface area contributed by atoms with Crippen LogP contribution in [0.15, 0.2) is 24.4 Å². The molecule has 208 valence electrons. The Hall–Kier alpha value is -3.89. The third-order valence-corrected chi connectivity index (χ3v) is 7.65. The van der Waals surface area contributed by atoms with Crippen molar-refractivity contribution in [2.75, 3.05) is 28.6 Å². The average molecular weight is 536 g/mol. The number of anilines is 4. The molecule has 11 heteroatoms. The number of nitrogens with one attached hydrogen (secondary N) is 3. The number of alkyl carbamates (subject to hydrolysis) is 1. The number of nitrogens with zero attached hydrogens (tertiary/aromatic N) is 3. The molecule has 11 nitrogen and oxygen atoms in total. The molecule has 0 unspecified atom stereocenters. The van der Waals surface area contributed by atoms with Crippen LogP contribution < -0.4 is 26.6 Å². The minimum Gasteiger partial charge on any atom is -0.444 e. The van der Waals surface area contributed by atoms with Gasteiger partial charge in [-0.3, -0.25) is 9.59 Å². The third kappa shape index (κ3) is 5.62. The van der Waals surface area contributed by atoms with Gasteiger partial charge < -0.3 is 31.3 Å². The minimum absolute atomic E-state index is 0.0659. The van der Waals surface area contributed by atoms with Crippen LogP contribution in [0.1, 0.15) is 81.6 Å². The van der Waals surface area contributed by atoms with Crippen LogP contribution >= 0.6 is 0 Å². The molecular weight excluding hydrogens is 498 g/mol. The largest absolute Gasteiger partial charge is 0.444 e. The summed E-state index contributed by atoms with van der Waals surface area (Å²) in [6.45, 7) is 6.69. The molecule has 0 radical (unpaired) electrons. The summed E-state index contributed by atoms with van der Waals surface area (Å²) in [4.78, 5) is 48.5. The van der Waals surface area contributed by atoms with Crippen molar-refractivity contribution in [1.82, 2.24) is 15.3 Å². The summed E-state index contributed by atoms with van der Waals surface area (Å²) in [5.41, 5.74) is 7.28. The van der Waals surface area contributed by atoms with E-state index in [0.717, 1.165) is 56.2 Å². The molecule has 5 rings (SSSR count). The summed E-state index contributed by atoms with van der Waals surface area (Å²) >= 11 is 0. The van der Waals surface area contributed by atoms with E-state index in [0.29, 0.717) is 30.5 Å². The van der Waals surface area contributed by atoms with Crippen molar-refractivity contribution < 1.29 is 19.1 Å². The number of ether oxygens (including phenoxy) is 1. The van der Waals surface area contributed by atoms with Gasteiger partial charge in [-0.1, -0.05) is 19.3 Å². The average Bonchev–Trinajstić information content (AvgIpc) is 3.13. The highest BCUT2D eigenvalue weighted by Crippen LogP contribution is 2.48.